The van der Waals surface area contributed by atoms with Crippen LogP contribution in [0.25, 0.3) is 0 Å². The fourth-order valence-corrected chi connectivity index (χ4v) is 2.14. The molecular formula is C8H10F12OSi. The maximum absolute atomic E-state index is 12.2. The Bertz CT molecular complexity index is 293. The van der Waals surface area contributed by atoms with E-state index in [0.29, 0.717) is 0 Å². The second kappa shape index (κ2) is 6.84. The second-order valence-electron chi connectivity index (χ2n) is 4.12. The molecule has 0 unspecified atom stereocenters. The Balaban J connectivity index is 0. The maximum atomic E-state index is 12.2. The van der Waals surface area contributed by atoms with E-state index in [9.17, 15) is 52.7 Å². The smallest absolute Gasteiger partial charge is 0.393 e. The Labute approximate surface area is 118 Å². The number of rotatable bonds is 2. The summed E-state index contributed by atoms with van der Waals surface area (Å²) >= 11 is 0. The van der Waals surface area contributed by atoms with Crippen molar-refractivity contribution in [3.63, 3.8) is 0 Å². The second-order valence-corrected chi connectivity index (χ2v) is 6.46. The molecule has 0 aromatic heterocycles. The first-order valence-electron chi connectivity index (χ1n) is 5.11. The van der Waals surface area contributed by atoms with Crippen molar-refractivity contribution in [2.24, 2.45) is 0 Å². The molecule has 0 aliphatic rings. The van der Waals surface area contributed by atoms with Gasteiger partial charge in [0.25, 0.3) is 0 Å². The highest BCUT2D eigenvalue weighted by Crippen LogP contribution is 2.55. The fraction of sp³-hybridized carbons (Fsp3) is 1.00. The van der Waals surface area contributed by atoms with E-state index in [1.54, 1.807) is 0 Å². The zero-order valence-corrected chi connectivity index (χ0v) is 12.2. The van der Waals surface area contributed by atoms with Crippen LogP contribution in [0.5, 0.6) is 0 Å². The Kier molecular flexibility index (Phi) is 7.34. The minimum absolute atomic E-state index is 0.188. The zero-order chi connectivity index (χ0) is 18.8. The molecular weight excluding hydrogens is 368 g/mol. The van der Waals surface area contributed by atoms with Gasteiger partial charge in [-0.3, -0.25) is 0 Å². The van der Waals surface area contributed by atoms with Crippen LogP contribution in [0.2, 0.25) is 13.1 Å². The molecule has 0 spiro atoms. The van der Waals surface area contributed by atoms with Gasteiger partial charge in [-0.05, 0) is 13.1 Å². The highest BCUT2D eigenvalue weighted by atomic mass is 28.3. The summed E-state index contributed by atoms with van der Waals surface area (Å²) in [4.78, 5) is 0. The van der Waals surface area contributed by atoms with Crippen molar-refractivity contribution < 1.29 is 57.1 Å². The topological polar surface area (TPSA) is 9.23 Å². The first-order chi connectivity index (χ1) is 9.17. The molecule has 0 bridgehead atoms. The van der Waals surface area contributed by atoms with Crippen molar-refractivity contribution in [3.8, 4) is 0 Å². The SMILES string of the molecule is CC(F)(F)F.C[SiH](C)OC(C(F)(F)F)(C(F)(F)F)C(F)(F)F. The molecule has 0 radical (unpaired) electrons. The third-order valence-electron chi connectivity index (χ3n) is 1.61. The van der Waals surface area contributed by atoms with Gasteiger partial charge in [0, 0.05) is 6.92 Å². The lowest BCUT2D eigenvalue weighted by Crippen LogP contribution is -2.68. The van der Waals surface area contributed by atoms with Crippen molar-refractivity contribution in [1.82, 2.24) is 0 Å². The summed E-state index contributed by atoms with van der Waals surface area (Å²) in [7, 11) is -3.25. The average molecular weight is 378 g/mol. The Morgan fingerprint density at radius 1 is 0.591 bits per heavy atom. The number of hydrogen-bond acceptors (Lipinski definition) is 1. The molecule has 22 heavy (non-hydrogen) atoms. The van der Waals surface area contributed by atoms with Crippen LogP contribution in [0.1, 0.15) is 6.92 Å². The van der Waals surface area contributed by atoms with Gasteiger partial charge in [-0.2, -0.15) is 52.7 Å². The van der Waals surface area contributed by atoms with Gasteiger partial charge in [-0.1, -0.05) is 0 Å². The summed E-state index contributed by atoms with van der Waals surface area (Å²) in [5.74, 6) is 0. The predicted molar refractivity (Wildman–Crippen MR) is 52.6 cm³/mol. The standard InChI is InChI=1S/C6H7F9OSi.C2H3F3/c1-17(2)16-3(4(7,8)9,5(10,11)12)6(13,14)15;1-2(3,4)5/h17H,1-2H3;1H3. The van der Waals surface area contributed by atoms with Gasteiger partial charge in [0.15, 0.2) is 9.04 Å². The van der Waals surface area contributed by atoms with Gasteiger partial charge in [0.1, 0.15) is 0 Å². The van der Waals surface area contributed by atoms with Crippen LogP contribution in [-0.2, 0) is 4.43 Å². The van der Waals surface area contributed by atoms with Crippen molar-refractivity contribution >= 4 is 9.04 Å². The molecule has 0 heterocycles. The highest BCUT2D eigenvalue weighted by molar-refractivity contribution is 6.48. The molecule has 0 saturated carbocycles. The minimum Gasteiger partial charge on any atom is -0.393 e. The summed E-state index contributed by atoms with van der Waals surface area (Å²) in [6.45, 7) is 1.74. The lowest BCUT2D eigenvalue weighted by molar-refractivity contribution is -0.438. The van der Waals surface area contributed by atoms with Gasteiger partial charge in [-0.15, -0.1) is 0 Å². The summed E-state index contributed by atoms with van der Waals surface area (Å²) in [6, 6.07) is 0. The van der Waals surface area contributed by atoms with Crippen LogP contribution >= 0.6 is 0 Å². The van der Waals surface area contributed by atoms with Crippen LogP contribution in [0.4, 0.5) is 52.7 Å². The van der Waals surface area contributed by atoms with E-state index in [4.69, 9.17) is 0 Å². The number of hydrogen-bond donors (Lipinski definition) is 0. The Hall–Kier alpha value is -0.663. The largest absolute Gasteiger partial charge is 0.434 e. The molecule has 0 aliphatic heterocycles. The maximum Gasteiger partial charge on any atom is 0.434 e. The van der Waals surface area contributed by atoms with Crippen molar-refractivity contribution in [2.45, 2.75) is 50.3 Å². The Morgan fingerprint density at radius 3 is 0.818 bits per heavy atom. The third kappa shape index (κ3) is 6.62. The molecule has 14 heteroatoms. The van der Waals surface area contributed by atoms with E-state index in [0.717, 1.165) is 13.1 Å². The molecule has 0 amide bonds. The molecule has 0 atom stereocenters. The number of alkyl halides is 12. The molecule has 0 N–H and O–H groups in total. The van der Waals surface area contributed by atoms with E-state index < -0.39 is 39.3 Å². The normalized spacial score (nSPS) is 14.7. The molecule has 0 aromatic rings. The fourth-order valence-electron chi connectivity index (χ4n) is 1.04. The average Bonchev–Trinajstić information content (AvgIpc) is 2.03. The van der Waals surface area contributed by atoms with Crippen molar-refractivity contribution in [3.05, 3.63) is 0 Å². The van der Waals surface area contributed by atoms with Crippen LogP contribution < -0.4 is 0 Å². The Morgan fingerprint density at radius 2 is 0.773 bits per heavy atom. The van der Waals surface area contributed by atoms with E-state index in [1.165, 1.54) is 0 Å². The van der Waals surface area contributed by atoms with Crippen LogP contribution in [0, 0.1) is 0 Å². The van der Waals surface area contributed by atoms with Gasteiger partial charge in [-0.25, -0.2) is 0 Å². The van der Waals surface area contributed by atoms with Gasteiger partial charge in [0.2, 0.25) is 0 Å². The van der Waals surface area contributed by atoms with Gasteiger partial charge in [0.05, 0.1) is 0 Å². The lowest BCUT2D eigenvalue weighted by Gasteiger charge is -2.39. The van der Waals surface area contributed by atoms with Crippen molar-refractivity contribution in [2.75, 3.05) is 0 Å². The zero-order valence-electron chi connectivity index (χ0n) is 11.0. The van der Waals surface area contributed by atoms with E-state index >= 15 is 0 Å². The van der Waals surface area contributed by atoms with E-state index in [-0.39, 0.29) is 6.92 Å². The predicted octanol–water partition coefficient (Wildman–Crippen LogP) is 4.98. The lowest BCUT2D eigenvalue weighted by atomic mass is 10.0. The molecule has 0 aliphatic carbocycles. The van der Waals surface area contributed by atoms with Crippen LogP contribution in [-0.4, -0.2) is 39.3 Å². The van der Waals surface area contributed by atoms with Crippen LogP contribution in [0.3, 0.4) is 0 Å². The molecule has 0 fully saturated rings. The summed E-state index contributed by atoms with van der Waals surface area (Å²) < 4.78 is 144. The molecule has 0 saturated heterocycles. The minimum atomic E-state index is -6.62. The number of halogens is 12. The highest BCUT2D eigenvalue weighted by Gasteiger charge is 2.85. The van der Waals surface area contributed by atoms with E-state index in [1.807, 2.05) is 0 Å². The quantitative estimate of drug-likeness (QED) is 0.487. The summed E-state index contributed by atoms with van der Waals surface area (Å²) in [6.07, 6.45) is -23.9. The summed E-state index contributed by atoms with van der Waals surface area (Å²) in [5, 5.41) is 0. The van der Waals surface area contributed by atoms with E-state index in [2.05, 4.69) is 4.43 Å². The molecule has 136 valence electrons. The first kappa shape index (κ1) is 23.6. The monoisotopic (exact) mass is 378 g/mol. The van der Waals surface area contributed by atoms with Gasteiger partial charge >= 0.3 is 30.3 Å². The molecule has 1 nitrogen and oxygen atoms in total. The van der Waals surface area contributed by atoms with Gasteiger partial charge < -0.3 is 4.43 Å². The summed E-state index contributed by atoms with van der Waals surface area (Å²) in [5.41, 5.74) is -6.10. The third-order valence-corrected chi connectivity index (χ3v) is 2.44. The molecule has 0 aromatic carbocycles. The first-order valence-corrected chi connectivity index (χ1v) is 7.89. The van der Waals surface area contributed by atoms with Crippen LogP contribution in [0.15, 0.2) is 0 Å². The molecule has 0 rings (SSSR count). The van der Waals surface area contributed by atoms with Crippen molar-refractivity contribution in [1.29, 1.82) is 0 Å².